The largest absolute Gasteiger partial charge is 0.0775 e. The Bertz CT molecular complexity index is 454. The number of rotatable bonds is 6. The second-order valence-electron chi connectivity index (χ2n) is 7.64. The summed E-state index contributed by atoms with van der Waals surface area (Å²) in [6.07, 6.45) is 10.7. The summed E-state index contributed by atoms with van der Waals surface area (Å²) in [6.45, 7) is 9.53. The molecule has 0 aliphatic heterocycles. The SMILES string of the molecule is CCCC[C@@H](/C=C1\C[C@H](C)CC[C@H]1C(C)C)c1ccccc1. The minimum absolute atomic E-state index is 0.614. The summed E-state index contributed by atoms with van der Waals surface area (Å²) in [5.41, 5.74) is 3.25. The zero-order valence-electron chi connectivity index (χ0n) is 15.0. The molecule has 0 aromatic heterocycles. The minimum atomic E-state index is 0.614. The number of unbranched alkanes of at least 4 members (excludes halogenated alkanes) is 1. The van der Waals surface area contributed by atoms with E-state index in [1.54, 1.807) is 5.57 Å². The van der Waals surface area contributed by atoms with Gasteiger partial charge >= 0.3 is 0 Å². The van der Waals surface area contributed by atoms with Gasteiger partial charge in [-0.05, 0) is 49.0 Å². The zero-order valence-corrected chi connectivity index (χ0v) is 15.0. The third-order valence-corrected chi connectivity index (χ3v) is 5.35. The smallest absolute Gasteiger partial charge is 0.00207 e. The van der Waals surface area contributed by atoms with Gasteiger partial charge in [-0.15, -0.1) is 0 Å². The fraction of sp³-hybridized carbons (Fsp3) is 0.636. The molecule has 1 aromatic carbocycles. The average molecular weight is 299 g/mol. The second kappa shape index (κ2) is 8.56. The Morgan fingerprint density at radius 1 is 1.14 bits per heavy atom. The summed E-state index contributed by atoms with van der Waals surface area (Å²) in [4.78, 5) is 0. The van der Waals surface area contributed by atoms with Crippen LogP contribution >= 0.6 is 0 Å². The van der Waals surface area contributed by atoms with Crippen LogP contribution in [0.5, 0.6) is 0 Å². The van der Waals surface area contributed by atoms with E-state index in [9.17, 15) is 0 Å². The van der Waals surface area contributed by atoms with E-state index >= 15 is 0 Å². The van der Waals surface area contributed by atoms with Crippen LogP contribution in [-0.2, 0) is 0 Å². The van der Waals surface area contributed by atoms with Crippen molar-refractivity contribution in [2.24, 2.45) is 17.8 Å². The van der Waals surface area contributed by atoms with Gasteiger partial charge < -0.3 is 0 Å². The van der Waals surface area contributed by atoms with Crippen LogP contribution < -0.4 is 0 Å². The van der Waals surface area contributed by atoms with E-state index < -0.39 is 0 Å². The molecule has 0 radical (unpaired) electrons. The highest BCUT2D eigenvalue weighted by molar-refractivity contribution is 5.27. The molecule has 0 saturated heterocycles. The third kappa shape index (κ3) is 4.73. The maximum atomic E-state index is 2.66. The first-order valence-electron chi connectivity index (χ1n) is 9.37. The number of hydrogen-bond donors (Lipinski definition) is 0. The molecule has 0 unspecified atom stereocenters. The van der Waals surface area contributed by atoms with Crippen LogP contribution in [0.2, 0.25) is 0 Å². The molecule has 0 amide bonds. The maximum Gasteiger partial charge on any atom is 0.00207 e. The van der Waals surface area contributed by atoms with Gasteiger partial charge in [-0.1, -0.05) is 82.5 Å². The quantitative estimate of drug-likeness (QED) is 0.497. The molecule has 1 aromatic rings. The lowest BCUT2D eigenvalue weighted by Gasteiger charge is -2.33. The molecule has 3 atom stereocenters. The number of benzene rings is 1. The molecular weight excluding hydrogens is 264 g/mol. The molecule has 1 fully saturated rings. The predicted octanol–water partition coefficient (Wildman–Crippen LogP) is 6.98. The van der Waals surface area contributed by atoms with Gasteiger partial charge in [0.05, 0.1) is 0 Å². The van der Waals surface area contributed by atoms with E-state index in [1.165, 1.54) is 44.1 Å². The Kier molecular flexibility index (Phi) is 6.73. The van der Waals surface area contributed by atoms with E-state index in [-0.39, 0.29) is 0 Å². The van der Waals surface area contributed by atoms with Crippen LogP contribution in [0.3, 0.4) is 0 Å². The van der Waals surface area contributed by atoms with Crippen molar-refractivity contribution in [3.8, 4) is 0 Å². The predicted molar refractivity (Wildman–Crippen MR) is 98.1 cm³/mol. The van der Waals surface area contributed by atoms with Crippen LogP contribution in [0.4, 0.5) is 0 Å². The molecular formula is C22H34. The van der Waals surface area contributed by atoms with Crippen molar-refractivity contribution >= 4 is 0 Å². The fourth-order valence-corrected chi connectivity index (χ4v) is 3.99. The number of hydrogen-bond acceptors (Lipinski definition) is 0. The van der Waals surface area contributed by atoms with Gasteiger partial charge in [0.25, 0.3) is 0 Å². The van der Waals surface area contributed by atoms with Gasteiger partial charge in [0.2, 0.25) is 0 Å². The molecule has 1 aliphatic carbocycles. The van der Waals surface area contributed by atoms with E-state index in [1.807, 2.05) is 0 Å². The first-order valence-corrected chi connectivity index (χ1v) is 9.37. The van der Waals surface area contributed by atoms with Crippen molar-refractivity contribution in [2.45, 2.75) is 72.1 Å². The Labute approximate surface area is 138 Å². The number of allylic oxidation sites excluding steroid dienone is 2. The van der Waals surface area contributed by atoms with E-state index in [0.717, 1.165) is 17.8 Å². The van der Waals surface area contributed by atoms with E-state index in [2.05, 4.69) is 64.1 Å². The molecule has 22 heavy (non-hydrogen) atoms. The molecule has 0 heteroatoms. The lowest BCUT2D eigenvalue weighted by Crippen LogP contribution is -2.21. The Balaban J connectivity index is 2.25. The fourth-order valence-electron chi connectivity index (χ4n) is 3.99. The van der Waals surface area contributed by atoms with Crippen molar-refractivity contribution in [1.82, 2.24) is 0 Å². The van der Waals surface area contributed by atoms with Crippen molar-refractivity contribution in [2.75, 3.05) is 0 Å². The lowest BCUT2D eigenvalue weighted by atomic mass is 9.72. The second-order valence-corrected chi connectivity index (χ2v) is 7.64. The summed E-state index contributed by atoms with van der Waals surface area (Å²) in [7, 11) is 0. The zero-order chi connectivity index (χ0) is 15.9. The minimum Gasteiger partial charge on any atom is -0.0775 e. The van der Waals surface area contributed by atoms with Crippen LogP contribution in [0.15, 0.2) is 42.0 Å². The first-order chi connectivity index (χ1) is 10.6. The highest BCUT2D eigenvalue weighted by atomic mass is 14.3. The standard InChI is InChI=1S/C22H34/c1-5-6-10-20(19-11-8-7-9-12-19)16-21-15-18(4)13-14-22(21)17(2)3/h7-9,11-12,16-18,20,22H,5-6,10,13-15H2,1-4H3/b21-16+/t18-,20+,22+/m1/s1. The molecule has 1 aliphatic rings. The Hall–Kier alpha value is -1.04. The van der Waals surface area contributed by atoms with Gasteiger partial charge in [-0.2, -0.15) is 0 Å². The highest BCUT2D eigenvalue weighted by Crippen LogP contribution is 2.39. The molecule has 0 nitrogen and oxygen atoms in total. The monoisotopic (exact) mass is 298 g/mol. The first kappa shape index (κ1) is 17.3. The topological polar surface area (TPSA) is 0 Å². The van der Waals surface area contributed by atoms with Crippen LogP contribution in [0.25, 0.3) is 0 Å². The average Bonchev–Trinajstić information content (AvgIpc) is 2.52. The molecule has 122 valence electrons. The molecule has 2 rings (SSSR count). The van der Waals surface area contributed by atoms with Crippen molar-refractivity contribution in [1.29, 1.82) is 0 Å². The van der Waals surface area contributed by atoms with Gasteiger partial charge in [0.15, 0.2) is 0 Å². The summed E-state index contributed by atoms with van der Waals surface area (Å²) in [5.74, 6) is 3.07. The normalized spacial score (nSPS) is 25.6. The van der Waals surface area contributed by atoms with Crippen molar-refractivity contribution in [3.05, 3.63) is 47.5 Å². The van der Waals surface area contributed by atoms with Crippen LogP contribution in [-0.4, -0.2) is 0 Å². The summed E-state index contributed by atoms with van der Waals surface area (Å²) in [5, 5.41) is 0. The Morgan fingerprint density at radius 3 is 2.50 bits per heavy atom. The van der Waals surface area contributed by atoms with E-state index in [0.29, 0.717) is 5.92 Å². The lowest BCUT2D eigenvalue weighted by molar-refractivity contribution is 0.306. The van der Waals surface area contributed by atoms with Crippen molar-refractivity contribution in [3.63, 3.8) is 0 Å². The van der Waals surface area contributed by atoms with E-state index in [4.69, 9.17) is 0 Å². The molecule has 0 heterocycles. The summed E-state index contributed by atoms with van der Waals surface area (Å²) >= 11 is 0. The highest BCUT2D eigenvalue weighted by Gasteiger charge is 2.26. The van der Waals surface area contributed by atoms with Crippen LogP contribution in [0.1, 0.15) is 77.7 Å². The maximum absolute atomic E-state index is 2.66. The van der Waals surface area contributed by atoms with Gasteiger partial charge in [0, 0.05) is 5.92 Å². The molecule has 0 N–H and O–H groups in total. The summed E-state index contributed by atoms with van der Waals surface area (Å²) in [6, 6.07) is 11.1. The van der Waals surface area contributed by atoms with Gasteiger partial charge in [-0.3, -0.25) is 0 Å². The molecule has 0 spiro atoms. The van der Waals surface area contributed by atoms with Gasteiger partial charge in [-0.25, -0.2) is 0 Å². The van der Waals surface area contributed by atoms with Crippen molar-refractivity contribution < 1.29 is 0 Å². The summed E-state index contributed by atoms with van der Waals surface area (Å²) < 4.78 is 0. The van der Waals surface area contributed by atoms with Gasteiger partial charge in [0.1, 0.15) is 0 Å². The van der Waals surface area contributed by atoms with Crippen LogP contribution in [0, 0.1) is 17.8 Å². The molecule has 1 saturated carbocycles. The third-order valence-electron chi connectivity index (χ3n) is 5.35. The Morgan fingerprint density at radius 2 is 1.86 bits per heavy atom. The molecule has 0 bridgehead atoms.